The number of halogens is 1. The lowest BCUT2D eigenvalue weighted by Crippen LogP contribution is -2.27. The van der Waals surface area contributed by atoms with Crippen LogP contribution in [0.15, 0.2) is 48.5 Å². The Morgan fingerprint density at radius 2 is 1.87 bits per heavy atom. The summed E-state index contributed by atoms with van der Waals surface area (Å²) >= 11 is 0. The quantitative estimate of drug-likeness (QED) is 0.844. The minimum atomic E-state index is -3.33. The van der Waals surface area contributed by atoms with Crippen LogP contribution in [0.5, 0.6) is 0 Å². The van der Waals surface area contributed by atoms with E-state index in [0.29, 0.717) is 11.3 Å². The first-order valence-electron chi connectivity index (χ1n) is 6.83. The van der Waals surface area contributed by atoms with Crippen LogP contribution in [0, 0.1) is 5.82 Å². The number of hydrogen-bond acceptors (Lipinski definition) is 4. The van der Waals surface area contributed by atoms with Gasteiger partial charge in [-0.2, -0.15) is 0 Å². The molecule has 1 atom stereocenters. The maximum absolute atomic E-state index is 14.0. The van der Waals surface area contributed by atoms with Crippen LogP contribution in [0.25, 0.3) is 0 Å². The topological polar surface area (TPSA) is 89.3 Å². The summed E-state index contributed by atoms with van der Waals surface area (Å²) in [6.07, 6.45) is 1.04. The second-order valence-corrected chi connectivity index (χ2v) is 7.41. The van der Waals surface area contributed by atoms with Gasteiger partial charge in [0, 0.05) is 17.5 Å². The first kappa shape index (κ1) is 17.0. The summed E-state index contributed by atoms with van der Waals surface area (Å²) in [5.74, 6) is -1.63. The van der Waals surface area contributed by atoms with Gasteiger partial charge in [-0.15, -0.1) is 0 Å². The van der Waals surface area contributed by atoms with Crippen molar-refractivity contribution in [2.45, 2.75) is 11.8 Å². The van der Waals surface area contributed by atoms with E-state index in [2.05, 4.69) is 5.32 Å². The molecule has 0 aliphatic carbocycles. The molecule has 122 valence electrons. The van der Waals surface area contributed by atoms with Gasteiger partial charge >= 0.3 is 0 Å². The number of benzene rings is 2. The molecule has 0 saturated heterocycles. The fourth-order valence-corrected chi connectivity index (χ4v) is 2.97. The van der Waals surface area contributed by atoms with E-state index in [4.69, 9.17) is 5.73 Å². The Balaban J connectivity index is 2.25. The van der Waals surface area contributed by atoms with E-state index in [1.54, 1.807) is 30.3 Å². The predicted octanol–water partition coefficient (Wildman–Crippen LogP) is 2.01. The third-order valence-corrected chi connectivity index (χ3v) is 4.03. The summed E-state index contributed by atoms with van der Waals surface area (Å²) in [5.41, 5.74) is 6.46. The molecule has 2 aromatic carbocycles. The van der Waals surface area contributed by atoms with Crippen LogP contribution in [-0.2, 0) is 20.4 Å². The largest absolute Gasteiger partial charge is 0.370 e. The van der Waals surface area contributed by atoms with Crippen molar-refractivity contribution < 1.29 is 17.6 Å². The minimum absolute atomic E-state index is 0.0772. The van der Waals surface area contributed by atoms with E-state index in [1.165, 1.54) is 12.1 Å². The Kier molecular flexibility index (Phi) is 5.00. The van der Waals surface area contributed by atoms with Gasteiger partial charge in [0.2, 0.25) is 5.91 Å². The highest BCUT2D eigenvalue weighted by Crippen LogP contribution is 2.22. The number of anilines is 1. The highest BCUT2D eigenvalue weighted by atomic mass is 32.2. The van der Waals surface area contributed by atoms with Gasteiger partial charge in [-0.25, -0.2) is 12.8 Å². The highest BCUT2D eigenvalue weighted by Gasteiger charge is 2.18. The van der Waals surface area contributed by atoms with Crippen LogP contribution >= 0.6 is 0 Å². The molecule has 0 fully saturated rings. The smallest absolute Gasteiger partial charge is 0.244 e. The molecule has 5 nitrogen and oxygen atoms in total. The van der Waals surface area contributed by atoms with Gasteiger partial charge in [0.1, 0.15) is 11.9 Å². The molecule has 2 rings (SSSR count). The van der Waals surface area contributed by atoms with Gasteiger partial charge in [0.25, 0.3) is 0 Å². The Morgan fingerprint density at radius 3 is 2.39 bits per heavy atom. The molecule has 1 amide bonds. The van der Waals surface area contributed by atoms with Crippen molar-refractivity contribution in [1.82, 2.24) is 0 Å². The Morgan fingerprint density at radius 1 is 1.22 bits per heavy atom. The number of carbonyl (C=O) groups excluding carboxylic acids is 1. The van der Waals surface area contributed by atoms with Gasteiger partial charge in [0.05, 0.1) is 5.75 Å². The number of sulfone groups is 1. The molecule has 7 heteroatoms. The van der Waals surface area contributed by atoms with Crippen LogP contribution in [0.2, 0.25) is 0 Å². The van der Waals surface area contributed by atoms with Gasteiger partial charge in [-0.3, -0.25) is 4.79 Å². The van der Waals surface area contributed by atoms with Crippen molar-refractivity contribution in [3.63, 3.8) is 0 Å². The fraction of sp³-hybridized carbons (Fsp3) is 0.188. The first-order valence-corrected chi connectivity index (χ1v) is 8.89. The zero-order valence-electron chi connectivity index (χ0n) is 12.5. The summed E-state index contributed by atoms with van der Waals surface area (Å²) in [6.45, 7) is 0. The SMILES string of the molecule is CS(=O)(=O)Cc1ccc(NC(C(N)=O)c2ccccc2)cc1F. The Hall–Kier alpha value is -2.41. The van der Waals surface area contributed by atoms with Gasteiger partial charge < -0.3 is 11.1 Å². The first-order chi connectivity index (χ1) is 10.8. The molecule has 23 heavy (non-hydrogen) atoms. The highest BCUT2D eigenvalue weighted by molar-refractivity contribution is 7.89. The summed E-state index contributed by atoms with van der Waals surface area (Å²) in [4.78, 5) is 11.6. The molecule has 2 aromatic rings. The van der Waals surface area contributed by atoms with E-state index >= 15 is 0 Å². The molecule has 0 aromatic heterocycles. The Bertz CT molecular complexity index is 807. The maximum atomic E-state index is 14.0. The monoisotopic (exact) mass is 336 g/mol. The number of nitrogens with two attached hydrogens (primary N) is 1. The van der Waals surface area contributed by atoms with Crippen molar-refractivity contribution in [2.75, 3.05) is 11.6 Å². The van der Waals surface area contributed by atoms with Crippen molar-refractivity contribution in [1.29, 1.82) is 0 Å². The summed E-state index contributed by atoms with van der Waals surface area (Å²) in [7, 11) is -3.33. The summed E-state index contributed by atoms with van der Waals surface area (Å²) in [5, 5.41) is 2.86. The minimum Gasteiger partial charge on any atom is -0.370 e. The molecule has 0 aliphatic rings. The standard InChI is InChI=1S/C16H17FN2O3S/c1-23(21,22)10-12-7-8-13(9-14(12)17)19-15(16(18)20)11-5-3-2-4-6-11/h2-9,15,19H,10H2,1H3,(H2,18,20). The third-order valence-electron chi connectivity index (χ3n) is 3.20. The zero-order valence-corrected chi connectivity index (χ0v) is 13.3. The van der Waals surface area contributed by atoms with Crippen LogP contribution < -0.4 is 11.1 Å². The van der Waals surface area contributed by atoms with Gasteiger partial charge in [-0.1, -0.05) is 36.4 Å². The van der Waals surface area contributed by atoms with Crippen LogP contribution in [0.1, 0.15) is 17.2 Å². The maximum Gasteiger partial charge on any atom is 0.244 e. The van der Waals surface area contributed by atoms with E-state index in [0.717, 1.165) is 12.3 Å². The zero-order chi connectivity index (χ0) is 17.0. The lowest BCUT2D eigenvalue weighted by molar-refractivity contribution is -0.118. The van der Waals surface area contributed by atoms with Crippen molar-refractivity contribution >= 4 is 21.4 Å². The second kappa shape index (κ2) is 6.78. The molecule has 3 N–H and O–H groups in total. The number of carbonyl (C=O) groups is 1. The van der Waals surface area contributed by atoms with E-state index < -0.39 is 27.6 Å². The summed E-state index contributed by atoms with van der Waals surface area (Å²) < 4.78 is 36.5. The second-order valence-electron chi connectivity index (χ2n) is 5.27. The van der Waals surface area contributed by atoms with E-state index in [1.807, 2.05) is 0 Å². The molecule has 0 spiro atoms. The normalized spacial score (nSPS) is 12.6. The molecule has 0 bridgehead atoms. The lowest BCUT2D eigenvalue weighted by atomic mass is 10.1. The molecule has 1 unspecified atom stereocenters. The molecular weight excluding hydrogens is 319 g/mol. The number of amides is 1. The molecule has 0 radical (unpaired) electrons. The predicted molar refractivity (Wildman–Crippen MR) is 86.9 cm³/mol. The number of nitrogens with one attached hydrogen (secondary N) is 1. The summed E-state index contributed by atoms with van der Waals surface area (Å²) in [6, 6.07) is 12.0. The lowest BCUT2D eigenvalue weighted by Gasteiger charge is -2.17. The van der Waals surface area contributed by atoms with Crippen molar-refractivity contribution in [3.05, 3.63) is 65.5 Å². The fourth-order valence-electron chi connectivity index (χ4n) is 2.17. The average molecular weight is 336 g/mol. The Labute approximate surface area is 134 Å². The average Bonchev–Trinajstić information content (AvgIpc) is 2.47. The molecule has 0 saturated carbocycles. The number of primary amides is 1. The third kappa shape index (κ3) is 4.79. The molecular formula is C16H17FN2O3S. The number of rotatable bonds is 6. The van der Waals surface area contributed by atoms with Crippen LogP contribution in [-0.4, -0.2) is 20.6 Å². The van der Waals surface area contributed by atoms with Crippen LogP contribution in [0.3, 0.4) is 0 Å². The van der Waals surface area contributed by atoms with E-state index in [-0.39, 0.29) is 11.3 Å². The van der Waals surface area contributed by atoms with Crippen LogP contribution in [0.4, 0.5) is 10.1 Å². The molecule has 0 heterocycles. The number of hydrogen-bond donors (Lipinski definition) is 2. The van der Waals surface area contributed by atoms with Gasteiger partial charge in [-0.05, 0) is 17.7 Å². The van der Waals surface area contributed by atoms with Gasteiger partial charge in [0.15, 0.2) is 9.84 Å². The van der Waals surface area contributed by atoms with E-state index in [9.17, 15) is 17.6 Å². The molecule has 0 aliphatic heterocycles. The van der Waals surface area contributed by atoms with Crippen molar-refractivity contribution in [3.8, 4) is 0 Å². The van der Waals surface area contributed by atoms with Crippen molar-refractivity contribution in [2.24, 2.45) is 5.73 Å².